The highest BCUT2D eigenvalue weighted by atomic mass is 15.3. The fraction of sp³-hybridized carbons (Fsp3) is 0.471. The van der Waals surface area contributed by atoms with Crippen LogP contribution in [-0.2, 0) is 0 Å². The van der Waals surface area contributed by atoms with Crippen molar-refractivity contribution in [2.75, 3.05) is 11.9 Å². The van der Waals surface area contributed by atoms with Crippen LogP contribution in [0.25, 0.3) is 5.69 Å². The highest BCUT2D eigenvalue weighted by molar-refractivity contribution is 5.50. The van der Waals surface area contributed by atoms with Gasteiger partial charge in [-0.2, -0.15) is 5.10 Å². The Morgan fingerprint density at radius 1 is 1.15 bits per heavy atom. The fourth-order valence-electron chi connectivity index (χ4n) is 3.08. The van der Waals surface area contributed by atoms with Crippen molar-refractivity contribution in [2.24, 2.45) is 5.92 Å². The second-order valence-electron chi connectivity index (χ2n) is 5.72. The van der Waals surface area contributed by atoms with Crippen molar-refractivity contribution in [2.45, 2.75) is 38.5 Å². The van der Waals surface area contributed by atoms with Gasteiger partial charge in [0, 0.05) is 24.6 Å². The second kappa shape index (κ2) is 6.60. The monoisotopic (exact) mass is 269 g/mol. The standard InChI is InChI=1S/C17H23N3/c1-2-6-15(7-3-1)10-12-18-16-8-4-9-17(14-16)20-13-5-11-19-20/h4-5,8-9,11,13-15,18H,1-3,6-7,10,12H2. The van der Waals surface area contributed by atoms with E-state index in [0.717, 1.165) is 18.2 Å². The maximum absolute atomic E-state index is 4.27. The second-order valence-corrected chi connectivity index (χ2v) is 5.72. The summed E-state index contributed by atoms with van der Waals surface area (Å²) in [4.78, 5) is 0. The Hall–Kier alpha value is -1.77. The quantitative estimate of drug-likeness (QED) is 0.879. The smallest absolute Gasteiger partial charge is 0.0666 e. The number of nitrogens with zero attached hydrogens (tertiary/aromatic N) is 2. The molecule has 106 valence electrons. The van der Waals surface area contributed by atoms with Gasteiger partial charge in [0.05, 0.1) is 5.69 Å². The molecule has 3 heteroatoms. The van der Waals surface area contributed by atoms with Gasteiger partial charge in [0.1, 0.15) is 0 Å². The predicted molar refractivity (Wildman–Crippen MR) is 83.2 cm³/mol. The van der Waals surface area contributed by atoms with Crippen LogP contribution in [-0.4, -0.2) is 16.3 Å². The lowest BCUT2D eigenvalue weighted by atomic mass is 9.87. The summed E-state index contributed by atoms with van der Waals surface area (Å²) >= 11 is 0. The van der Waals surface area contributed by atoms with E-state index in [1.165, 1.54) is 44.2 Å². The van der Waals surface area contributed by atoms with Crippen LogP contribution >= 0.6 is 0 Å². The van der Waals surface area contributed by atoms with Gasteiger partial charge in [-0.3, -0.25) is 0 Å². The van der Waals surface area contributed by atoms with Crippen molar-refractivity contribution in [1.82, 2.24) is 9.78 Å². The van der Waals surface area contributed by atoms with Crippen LogP contribution in [0.2, 0.25) is 0 Å². The van der Waals surface area contributed by atoms with Gasteiger partial charge in [0.25, 0.3) is 0 Å². The third-order valence-electron chi connectivity index (χ3n) is 4.22. The van der Waals surface area contributed by atoms with E-state index < -0.39 is 0 Å². The number of hydrogen-bond donors (Lipinski definition) is 1. The summed E-state index contributed by atoms with van der Waals surface area (Å²) < 4.78 is 1.90. The Morgan fingerprint density at radius 2 is 2.05 bits per heavy atom. The first-order valence-corrected chi connectivity index (χ1v) is 7.76. The fourth-order valence-corrected chi connectivity index (χ4v) is 3.08. The molecule has 0 radical (unpaired) electrons. The van der Waals surface area contributed by atoms with Crippen molar-refractivity contribution < 1.29 is 0 Å². The maximum Gasteiger partial charge on any atom is 0.0666 e. The van der Waals surface area contributed by atoms with Crippen LogP contribution in [0.5, 0.6) is 0 Å². The topological polar surface area (TPSA) is 29.9 Å². The van der Waals surface area contributed by atoms with E-state index in [4.69, 9.17) is 0 Å². The van der Waals surface area contributed by atoms with E-state index in [1.54, 1.807) is 0 Å². The van der Waals surface area contributed by atoms with Crippen LogP contribution in [0.3, 0.4) is 0 Å². The molecule has 1 aliphatic rings. The van der Waals surface area contributed by atoms with Gasteiger partial charge < -0.3 is 5.32 Å². The third kappa shape index (κ3) is 3.41. The van der Waals surface area contributed by atoms with E-state index in [1.807, 2.05) is 23.1 Å². The van der Waals surface area contributed by atoms with E-state index >= 15 is 0 Å². The van der Waals surface area contributed by atoms with Gasteiger partial charge in [-0.1, -0.05) is 38.2 Å². The normalized spacial score (nSPS) is 16.2. The molecule has 20 heavy (non-hydrogen) atoms. The van der Waals surface area contributed by atoms with Gasteiger partial charge >= 0.3 is 0 Å². The highest BCUT2D eigenvalue weighted by Crippen LogP contribution is 2.26. The number of aromatic nitrogens is 2. The SMILES string of the molecule is c1cc(NCCC2CCCCC2)cc(-n2cccn2)c1. The number of hydrogen-bond acceptors (Lipinski definition) is 2. The molecule has 0 spiro atoms. The van der Waals surface area contributed by atoms with Gasteiger partial charge in [-0.25, -0.2) is 4.68 Å². The number of benzene rings is 1. The zero-order valence-corrected chi connectivity index (χ0v) is 12.0. The molecule has 1 heterocycles. The molecule has 1 saturated carbocycles. The molecule has 0 amide bonds. The molecule has 0 unspecified atom stereocenters. The maximum atomic E-state index is 4.27. The van der Waals surface area contributed by atoms with Crippen LogP contribution in [0.1, 0.15) is 38.5 Å². The largest absolute Gasteiger partial charge is 0.385 e. The molecule has 2 aromatic rings. The number of rotatable bonds is 5. The highest BCUT2D eigenvalue weighted by Gasteiger charge is 2.12. The summed E-state index contributed by atoms with van der Waals surface area (Å²) in [5.74, 6) is 0.936. The first-order valence-electron chi connectivity index (χ1n) is 7.76. The van der Waals surface area contributed by atoms with Gasteiger partial charge in [-0.15, -0.1) is 0 Å². The minimum absolute atomic E-state index is 0.936. The molecule has 1 N–H and O–H groups in total. The molecule has 1 aliphatic carbocycles. The van der Waals surface area contributed by atoms with Crippen molar-refractivity contribution in [1.29, 1.82) is 0 Å². The van der Waals surface area contributed by atoms with E-state index in [-0.39, 0.29) is 0 Å². The number of nitrogens with one attached hydrogen (secondary N) is 1. The summed E-state index contributed by atoms with van der Waals surface area (Å²) in [6, 6.07) is 10.4. The summed E-state index contributed by atoms with van der Waals surface area (Å²) in [5, 5.41) is 7.82. The Kier molecular flexibility index (Phi) is 4.36. The summed E-state index contributed by atoms with van der Waals surface area (Å²) in [7, 11) is 0. The molecule has 1 aromatic heterocycles. The molecular formula is C17H23N3. The van der Waals surface area contributed by atoms with Gasteiger partial charge in [0.15, 0.2) is 0 Å². The molecule has 0 aliphatic heterocycles. The van der Waals surface area contributed by atoms with Crippen molar-refractivity contribution in [3.05, 3.63) is 42.7 Å². The van der Waals surface area contributed by atoms with Crippen LogP contribution < -0.4 is 5.32 Å². The van der Waals surface area contributed by atoms with Crippen LogP contribution in [0.15, 0.2) is 42.7 Å². The Morgan fingerprint density at radius 3 is 2.85 bits per heavy atom. The van der Waals surface area contributed by atoms with Crippen molar-refractivity contribution >= 4 is 5.69 Å². The predicted octanol–water partition coefficient (Wildman–Crippen LogP) is 4.25. The summed E-state index contributed by atoms with van der Waals surface area (Å²) in [6.07, 6.45) is 12.2. The summed E-state index contributed by atoms with van der Waals surface area (Å²) in [6.45, 7) is 1.08. The first-order chi connectivity index (χ1) is 9.92. The Balaban J connectivity index is 1.53. The van der Waals surface area contributed by atoms with E-state index in [9.17, 15) is 0 Å². The van der Waals surface area contributed by atoms with Crippen molar-refractivity contribution in [3.8, 4) is 5.69 Å². The molecule has 0 saturated heterocycles. The van der Waals surface area contributed by atoms with Gasteiger partial charge in [0.2, 0.25) is 0 Å². The van der Waals surface area contributed by atoms with E-state index in [0.29, 0.717) is 0 Å². The summed E-state index contributed by atoms with van der Waals surface area (Å²) in [5.41, 5.74) is 2.30. The zero-order chi connectivity index (χ0) is 13.6. The van der Waals surface area contributed by atoms with Crippen LogP contribution in [0, 0.1) is 5.92 Å². The molecule has 3 nitrogen and oxygen atoms in total. The molecule has 1 fully saturated rings. The Bertz CT molecular complexity index is 513. The molecular weight excluding hydrogens is 246 g/mol. The van der Waals surface area contributed by atoms with Crippen molar-refractivity contribution in [3.63, 3.8) is 0 Å². The zero-order valence-electron chi connectivity index (χ0n) is 12.0. The van der Waals surface area contributed by atoms with Crippen LogP contribution in [0.4, 0.5) is 5.69 Å². The molecule has 0 atom stereocenters. The average molecular weight is 269 g/mol. The minimum Gasteiger partial charge on any atom is -0.385 e. The molecule has 3 rings (SSSR count). The lowest BCUT2D eigenvalue weighted by Crippen LogP contribution is -2.12. The first kappa shape index (κ1) is 13.2. The average Bonchev–Trinajstić information content (AvgIpc) is 3.03. The minimum atomic E-state index is 0.936. The lowest BCUT2D eigenvalue weighted by Gasteiger charge is -2.21. The van der Waals surface area contributed by atoms with Gasteiger partial charge in [-0.05, 0) is 36.6 Å². The lowest BCUT2D eigenvalue weighted by molar-refractivity contribution is 0.345. The Labute approximate surface area is 121 Å². The third-order valence-corrected chi connectivity index (χ3v) is 4.22. The van der Waals surface area contributed by atoms with E-state index in [2.05, 4.69) is 34.7 Å². The number of anilines is 1. The molecule has 1 aromatic carbocycles. The molecule has 0 bridgehead atoms.